The molecule has 11 heteroatoms. The number of hydrogen-bond acceptors (Lipinski definition) is 11. The Morgan fingerprint density at radius 1 is 0.200 bits per heavy atom. The molecular weight excluding hydrogens is 881 g/mol. The van der Waals surface area contributed by atoms with Gasteiger partial charge in [0, 0.05) is 72.4 Å². The van der Waals surface area contributed by atoms with Gasteiger partial charge in [0.25, 0.3) is 0 Å². The van der Waals surface area contributed by atoms with Crippen molar-refractivity contribution < 1.29 is 0 Å². The van der Waals surface area contributed by atoms with E-state index >= 15 is 0 Å². The van der Waals surface area contributed by atoms with E-state index in [2.05, 4.69) is 140 Å². The average Bonchev–Trinajstić information content (AvgIpc) is 4.08. The molecule has 266 valence electrons. The number of hydrogen-bond donors (Lipinski definition) is 0. The lowest BCUT2D eigenvalue weighted by Crippen LogP contribution is -1.83. The van der Waals surface area contributed by atoms with E-state index in [9.17, 15) is 0 Å². The van der Waals surface area contributed by atoms with Crippen molar-refractivity contribution in [2.75, 3.05) is 0 Å². The normalized spacial score (nSPS) is 11.6. The van der Waals surface area contributed by atoms with Gasteiger partial charge in [0.2, 0.25) is 0 Å². The Kier molecular flexibility index (Phi) is 9.45. The van der Waals surface area contributed by atoms with Crippen LogP contribution in [0.4, 0.5) is 0 Å². The van der Waals surface area contributed by atoms with Crippen LogP contribution in [0.5, 0.6) is 0 Å². The van der Waals surface area contributed by atoms with Gasteiger partial charge in [0.15, 0.2) is 0 Å². The van der Waals surface area contributed by atoms with Gasteiger partial charge < -0.3 is 0 Å². The lowest BCUT2D eigenvalue weighted by Gasteiger charge is -2.09. The van der Waals surface area contributed by atoms with Crippen molar-refractivity contribution in [3.8, 4) is 102 Å². The van der Waals surface area contributed by atoms with Gasteiger partial charge in [-0.15, -0.1) is 125 Å². The van der Waals surface area contributed by atoms with Gasteiger partial charge >= 0.3 is 0 Å². The third-order valence-corrected chi connectivity index (χ3v) is 20.6. The fourth-order valence-corrected chi connectivity index (χ4v) is 18.1. The lowest BCUT2D eigenvalue weighted by atomic mass is 9.98. The molecule has 11 aromatic rings. The second kappa shape index (κ2) is 14.9. The van der Waals surface area contributed by atoms with Crippen molar-refractivity contribution in [3.05, 3.63) is 140 Å². The van der Waals surface area contributed by atoms with Crippen LogP contribution in [-0.2, 0) is 0 Å². The summed E-state index contributed by atoms with van der Waals surface area (Å²) < 4.78 is 0. The summed E-state index contributed by atoms with van der Waals surface area (Å²) in [4.78, 5) is 18.7. The van der Waals surface area contributed by atoms with E-state index in [0.29, 0.717) is 0 Å². The second-order valence-corrected chi connectivity index (χ2v) is 23.0. The molecule has 0 spiro atoms. The molecule has 0 unspecified atom stereocenters. The van der Waals surface area contributed by atoms with E-state index in [0.717, 1.165) is 0 Å². The molecule has 0 amide bonds. The van der Waals surface area contributed by atoms with Crippen LogP contribution in [0.25, 0.3) is 102 Å². The van der Waals surface area contributed by atoms with Gasteiger partial charge in [0.05, 0.1) is 29.3 Å². The van der Waals surface area contributed by atoms with E-state index < -0.39 is 0 Å². The topological polar surface area (TPSA) is 0 Å². The van der Waals surface area contributed by atoms with Crippen LogP contribution >= 0.6 is 125 Å². The second-order valence-electron chi connectivity index (χ2n) is 12.3. The highest BCUT2D eigenvalue weighted by molar-refractivity contribution is 7.32. The first-order valence-corrected chi connectivity index (χ1v) is 26.6. The summed E-state index contributed by atoms with van der Waals surface area (Å²) in [6.07, 6.45) is 0. The Morgan fingerprint density at radius 3 is 0.582 bits per heavy atom. The maximum atomic E-state index is 2.33. The number of thiophene rings is 11. The van der Waals surface area contributed by atoms with Crippen molar-refractivity contribution >= 4 is 125 Å². The molecule has 0 radical (unpaired) electrons. The van der Waals surface area contributed by atoms with Gasteiger partial charge in [-0.05, 0) is 91.6 Å². The van der Waals surface area contributed by atoms with Crippen LogP contribution in [-0.4, -0.2) is 0 Å². The molecule has 0 bridgehead atoms. The smallest absolute Gasteiger partial charge is 0.0549 e. The van der Waals surface area contributed by atoms with E-state index in [1.165, 1.54) is 102 Å². The molecule has 11 heterocycles. The summed E-state index contributed by atoms with van der Waals surface area (Å²) in [6, 6.07) is 36.1. The van der Waals surface area contributed by atoms with Crippen LogP contribution < -0.4 is 0 Å². The van der Waals surface area contributed by atoms with E-state index in [1.807, 2.05) is 125 Å². The van der Waals surface area contributed by atoms with Gasteiger partial charge in [-0.3, -0.25) is 0 Å². The Labute approximate surface area is 362 Å². The zero-order chi connectivity index (χ0) is 36.3. The summed E-state index contributed by atoms with van der Waals surface area (Å²) in [5, 5.41) is 17.8. The molecule has 0 aliphatic carbocycles. The van der Waals surface area contributed by atoms with Gasteiger partial charge in [-0.25, -0.2) is 0 Å². The van der Waals surface area contributed by atoms with Crippen LogP contribution in [0.2, 0.25) is 0 Å². The predicted octanol–water partition coefficient (Wildman–Crippen LogP) is 19.0. The summed E-state index contributed by atoms with van der Waals surface area (Å²) in [5.74, 6) is 0. The summed E-state index contributed by atoms with van der Waals surface area (Å²) in [6.45, 7) is 0. The fourth-order valence-electron chi connectivity index (χ4n) is 7.03. The molecule has 0 aliphatic heterocycles. The summed E-state index contributed by atoms with van der Waals surface area (Å²) >= 11 is 20.7. The Hall–Kier alpha value is -3.30. The first-order valence-electron chi connectivity index (χ1n) is 17.1. The van der Waals surface area contributed by atoms with Crippen LogP contribution in [0.15, 0.2) is 140 Å². The van der Waals surface area contributed by atoms with Crippen LogP contribution in [0.1, 0.15) is 0 Å². The fraction of sp³-hybridized carbons (Fsp3) is 0. The summed E-state index contributed by atoms with van der Waals surface area (Å²) in [7, 11) is 0. The van der Waals surface area contributed by atoms with Crippen molar-refractivity contribution in [3.63, 3.8) is 0 Å². The van der Waals surface area contributed by atoms with E-state index in [1.54, 1.807) is 0 Å². The van der Waals surface area contributed by atoms with E-state index in [4.69, 9.17) is 0 Å². The zero-order valence-corrected chi connectivity index (χ0v) is 37.3. The molecule has 0 saturated heterocycles. The number of rotatable bonds is 10. The van der Waals surface area contributed by atoms with Crippen molar-refractivity contribution in [2.45, 2.75) is 0 Å². The molecule has 11 aromatic heterocycles. The van der Waals surface area contributed by atoms with Gasteiger partial charge in [0.1, 0.15) is 0 Å². The average molecular weight is 905 g/mol. The molecule has 0 N–H and O–H groups in total. The van der Waals surface area contributed by atoms with Crippen molar-refractivity contribution in [2.24, 2.45) is 0 Å². The molecule has 55 heavy (non-hydrogen) atoms. The zero-order valence-electron chi connectivity index (χ0n) is 28.3. The molecular formula is C44H24S11. The van der Waals surface area contributed by atoms with Gasteiger partial charge in [-0.2, -0.15) is 0 Å². The molecule has 0 saturated carbocycles. The predicted molar refractivity (Wildman–Crippen MR) is 257 cm³/mol. The van der Waals surface area contributed by atoms with Crippen molar-refractivity contribution in [1.29, 1.82) is 0 Å². The standard InChI is InChI=1S/C44H24S11/c1-9-25(45-17-1)33-35(27-11-3-19-47-27)41(53-39(33)31-15-7-23-51-31)43-37(29-13-5-21-49-29)38(30-14-6-22-50-30)44(55-43)42-36(28-12-4-20-48-28)34(26-10-2-18-46-26)40(54-42)32-16-8-24-52-32/h1-24H. The SMILES string of the molecule is c1csc(-c2sc(-c3sc(-c4sc(-c5cccs5)c(-c5cccs5)c4-c4cccs4)c(-c4cccs4)c3-c3cccs3)c(-c3cccs3)c2-c2cccs2)c1. The maximum absolute atomic E-state index is 2.33. The molecule has 0 atom stereocenters. The minimum absolute atomic E-state index is 1.31. The highest BCUT2D eigenvalue weighted by atomic mass is 32.1. The Balaban J connectivity index is 1.29. The van der Waals surface area contributed by atoms with Gasteiger partial charge in [-0.1, -0.05) is 48.5 Å². The highest BCUT2D eigenvalue weighted by Gasteiger charge is 2.34. The minimum atomic E-state index is 1.31. The third-order valence-electron chi connectivity index (χ3n) is 9.23. The molecule has 0 nitrogen and oxygen atoms in total. The highest BCUT2D eigenvalue weighted by Crippen LogP contribution is 2.64. The van der Waals surface area contributed by atoms with Crippen LogP contribution in [0, 0.1) is 0 Å². The molecule has 0 fully saturated rings. The first kappa shape index (κ1) is 34.9. The largest absolute Gasteiger partial charge is 0.144 e. The third kappa shape index (κ3) is 6.07. The molecule has 0 aromatic carbocycles. The molecule has 0 aliphatic rings. The van der Waals surface area contributed by atoms with Crippen molar-refractivity contribution in [1.82, 2.24) is 0 Å². The van der Waals surface area contributed by atoms with Crippen LogP contribution in [0.3, 0.4) is 0 Å². The summed E-state index contributed by atoms with van der Waals surface area (Å²) in [5.41, 5.74) is 8.15. The van der Waals surface area contributed by atoms with E-state index in [-0.39, 0.29) is 0 Å². The first-order chi connectivity index (χ1) is 27.3. The monoisotopic (exact) mass is 904 g/mol. The Bertz CT molecular complexity index is 2720. The minimum Gasteiger partial charge on any atom is -0.144 e. The lowest BCUT2D eigenvalue weighted by molar-refractivity contribution is 1.79. The Morgan fingerprint density at radius 2 is 0.382 bits per heavy atom. The molecule has 11 rings (SSSR count). The maximum Gasteiger partial charge on any atom is 0.0549 e. The quantitative estimate of drug-likeness (QED) is 0.128.